The summed E-state index contributed by atoms with van der Waals surface area (Å²) in [6.45, 7) is 1.40. The molecule has 116 valence electrons. The molecule has 2 aromatic carbocycles. The number of rotatable bonds is 3. The van der Waals surface area contributed by atoms with E-state index in [-0.39, 0.29) is 5.97 Å². The van der Waals surface area contributed by atoms with Gasteiger partial charge in [-0.15, -0.1) is 0 Å². The molecular weight excluding hydrogens is 308 g/mol. The van der Waals surface area contributed by atoms with Crippen molar-refractivity contribution >= 4 is 34.2 Å². The maximum absolute atomic E-state index is 11.4. The fourth-order valence-corrected chi connectivity index (χ4v) is 3.06. The van der Waals surface area contributed by atoms with E-state index in [2.05, 4.69) is 0 Å². The summed E-state index contributed by atoms with van der Waals surface area (Å²) in [6.07, 6.45) is 5.56. The zero-order valence-electron chi connectivity index (χ0n) is 12.9. The minimum atomic E-state index is -0.980. The summed E-state index contributed by atoms with van der Waals surface area (Å²) >= 11 is 0. The van der Waals surface area contributed by atoms with Crippen LogP contribution in [0, 0.1) is 0 Å². The summed E-state index contributed by atoms with van der Waals surface area (Å²) in [5, 5.41) is 0. The van der Waals surface area contributed by atoms with Crippen LogP contribution in [0.4, 0.5) is 0 Å². The standard InChI is InChI=1S/C19H16O3S/c1-13(20)22-19-12-15(17-5-3-4-6-18(17)19)11-14-7-9-16(10-8-14)23(2)21/h3-12H,1-2H3. The van der Waals surface area contributed by atoms with Crippen molar-refractivity contribution < 1.29 is 13.7 Å². The first-order chi connectivity index (χ1) is 11.0. The van der Waals surface area contributed by atoms with Crippen LogP contribution in [-0.2, 0) is 20.3 Å². The van der Waals surface area contributed by atoms with Gasteiger partial charge in [-0.25, -0.2) is 0 Å². The van der Waals surface area contributed by atoms with Gasteiger partial charge in [0.15, 0.2) is 0 Å². The van der Waals surface area contributed by atoms with E-state index in [1.807, 2.05) is 60.7 Å². The summed E-state index contributed by atoms with van der Waals surface area (Å²) in [5.74, 6) is 0.243. The molecule has 0 amide bonds. The summed E-state index contributed by atoms with van der Waals surface area (Å²) < 4.78 is 16.7. The zero-order valence-corrected chi connectivity index (χ0v) is 13.7. The average Bonchev–Trinajstić information content (AvgIpc) is 2.85. The monoisotopic (exact) mass is 324 g/mol. The summed E-state index contributed by atoms with van der Waals surface area (Å²) in [5.41, 5.74) is 3.94. The van der Waals surface area contributed by atoms with Crippen LogP contribution < -0.4 is 0 Å². The number of benzene rings is 2. The van der Waals surface area contributed by atoms with E-state index in [0.717, 1.165) is 27.2 Å². The van der Waals surface area contributed by atoms with Crippen LogP contribution in [0.5, 0.6) is 0 Å². The molecule has 0 radical (unpaired) electrons. The number of carbonyl (C=O) groups is 1. The van der Waals surface area contributed by atoms with Gasteiger partial charge in [0.25, 0.3) is 0 Å². The zero-order chi connectivity index (χ0) is 16.4. The topological polar surface area (TPSA) is 43.4 Å². The summed E-state index contributed by atoms with van der Waals surface area (Å²) in [7, 11) is -0.980. The molecule has 0 bridgehead atoms. The maximum atomic E-state index is 11.4. The molecular formula is C19H16O3S. The van der Waals surface area contributed by atoms with E-state index in [1.54, 1.807) is 6.26 Å². The number of ether oxygens (including phenoxy) is 1. The van der Waals surface area contributed by atoms with Crippen molar-refractivity contribution in [2.24, 2.45) is 0 Å². The normalized spacial score (nSPS) is 15.9. The van der Waals surface area contributed by atoms with Crippen LogP contribution >= 0.6 is 0 Å². The van der Waals surface area contributed by atoms with Crippen molar-refractivity contribution in [2.45, 2.75) is 11.8 Å². The Hall–Kier alpha value is -2.46. The van der Waals surface area contributed by atoms with Gasteiger partial charge >= 0.3 is 5.97 Å². The van der Waals surface area contributed by atoms with Gasteiger partial charge in [-0.2, -0.15) is 0 Å². The molecule has 2 aromatic rings. The van der Waals surface area contributed by atoms with Gasteiger partial charge in [0, 0.05) is 34.4 Å². The predicted molar refractivity (Wildman–Crippen MR) is 92.8 cm³/mol. The smallest absolute Gasteiger partial charge is 0.308 e. The molecule has 3 nitrogen and oxygen atoms in total. The third-order valence-corrected chi connectivity index (χ3v) is 4.51. The van der Waals surface area contributed by atoms with Crippen LogP contribution in [-0.4, -0.2) is 16.4 Å². The van der Waals surface area contributed by atoms with Gasteiger partial charge in [0.2, 0.25) is 0 Å². The summed E-state index contributed by atoms with van der Waals surface area (Å²) in [4.78, 5) is 12.1. The second kappa shape index (κ2) is 6.34. The van der Waals surface area contributed by atoms with Crippen molar-refractivity contribution in [2.75, 3.05) is 6.26 Å². The minimum Gasteiger partial charge on any atom is -0.426 e. The molecule has 1 atom stereocenters. The van der Waals surface area contributed by atoms with Gasteiger partial charge < -0.3 is 4.74 Å². The highest BCUT2D eigenvalue weighted by Crippen LogP contribution is 2.36. The quantitative estimate of drug-likeness (QED) is 0.805. The fourth-order valence-electron chi connectivity index (χ4n) is 2.54. The molecule has 1 aliphatic rings. The lowest BCUT2D eigenvalue weighted by Crippen LogP contribution is -1.96. The second-order valence-corrected chi connectivity index (χ2v) is 6.65. The van der Waals surface area contributed by atoms with Gasteiger partial charge in [0.05, 0.1) is 0 Å². The van der Waals surface area contributed by atoms with E-state index in [9.17, 15) is 9.00 Å². The Bertz CT molecular complexity index is 845. The lowest BCUT2D eigenvalue weighted by Gasteiger charge is -2.04. The molecule has 1 unspecified atom stereocenters. The largest absolute Gasteiger partial charge is 0.426 e. The SMILES string of the molecule is CC(=O)OC1=CC(=Cc2ccc(S(C)=O)cc2)c2ccccc21. The third kappa shape index (κ3) is 3.32. The Morgan fingerprint density at radius 3 is 2.30 bits per heavy atom. The van der Waals surface area contributed by atoms with Gasteiger partial charge in [-0.1, -0.05) is 36.4 Å². The van der Waals surface area contributed by atoms with Crippen LogP contribution in [0.2, 0.25) is 0 Å². The Balaban J connectivity index is 2.00. The third-order valence-electron chi connectivity index (χ3n) is 3.58. The molecule has 3 rings (SSSR count). The van der Waals surface area contributed by atoms with Crippen LogP contribution in [0.1, 0.15) is 23.6 Å². The number of fused-ring (bicyclic) bond motifs is 1. The van der Waals surface area contributed by atoms with Crippen molar-refractivity contribution in [1.29, 1.82) is 0 Å². The molecule has 0 heterocycles. The summed E-state index contributed by atoms with van der Waals surface area (Å²) in [6, 6.07) is 15.4. The molecule has 0 saturated heterocycles. The number of esters is 1. The van der Waals surface area contributed by atoms with Gasteiger partial charge in [-0.3, -0.25) is 9.00 Å². The van der Waals surface area contributed by atoms with Crippen molar-refractivity contribution in [3.05, 3.63) is 71.3 Å². The van der Waals surface area contributed by atoms with E-state index >= 15 is 0 Å². The minimum absolute atomic E-state index is 0.331. The first kappa shape index (κ1) is 15.4. The highest BCUT2D eigenvalue weighted by molar-refractivity contribution is 7.84. The van der Waals surface area contributed by atoms with E-state index in [1.165, 1.54) is 6.92 Å². The first-order valence-electron chi connectivity index (χ1n) is 7.19. The molecule has 4 heteroatoms. The van der Waals surface area contributed by atoms with Crippen molar-refractivity contribution in [3.8, 4) is 0 Å². The van der Waals surface area contributed by atoms with Crippen LogP contribution in [0.3, 0.4) is 0 Å². The fraction of sp³-hybridized carbons (Fsp3) is 0.105. The Morgan fingerprint density at radius 1 is 1.04 bits per heavy atom. The van der Waals surface area contributed by atoms with Crippen LogP contribution in [0.25, 0.3) is 17.4 Å². The van der Waals surface area contributed by atoms with Crippen molar-refractivity contribution in [3.63, 3.8) is 0 Å². The molecule has 1 aliphatic carbocycles. The molecule has 0 aliphatic heterocycles. The lowest BCUT2D eigenvalue weighted by atomic mass is 10.0. The Labute approximate surface area is 137 Å². The number of hydrogen-bond acceptors (Lipinski definition) is 3. The predicted octanol–water partition coefficient (Wildman–Crippen LogP) is 3.88. The molecule has 23 heavy (non-hydrogen) atoms. The lowest BCUT2D eigenvalue weighted by molar-refractivity contribution is -0.134. The van der Waals surface area contributed by atoms with E-state index < -0.39 is 10.8 Å². The van der Waals surface area contributed by atoms with Gasteiger partial charge in [0.1, 0.15) is 5.76 Å². The number of allylic oxidation sites excluding steroid dienone is 2. The Morgan fingerprint density at radius 2 is 1.70 bits per heavy atom. The molecule has 0 fully saturated rings. The maximum Gasteiger partial charge on any atom is 0.308 e. The average molecular weight is 324 g/mol. The molecule has 0 N–H and O–H groups in total. The second-order valence-electron chi connectivity index (χ2n) is 5.27. The Kier molecular flexibility index (Phi) is 4.26. The van der Waals surface area contributed by atoms with E-state index in [4.69, 9.17) is 4.74 Å². The number of hydrogen-bond donors (Lipinski definition) is 0. The molecule has 0 spiro atoms. The first-order valence-corrected chi connectivity index (χ1v) is 8.75. The van der Waals surface area contributed by atoms with Crippen LogP contribution in [0.15, 0.2) is 59.5 Å². The van der Waals surface area contributed by atoms with Gasteiger partial charge in [-0.05, 0) is 41.0 Å². The van der Waals surface area contributed by atoms with E-state index in [0.29, 0.717) is 5.76 Å². The number of carbonyl (C=O) groups excluding carboxylic acids is 1. The highest BCUT2D eigenvalue weighted by atomic mass is 32.2. The highest BCUT2D eigenvalue weighted by Gasteiger charge is 2.20. The molecule has 0 saturated carbocycles. The van der Waals surface area contributed by atoms with Crippen molar-refractivity contribution in [1.82, 2.24) is 0 Å². The molecule has 0 aromatic heterocycles.